The number of ether oxygens (including phenoxy) is 1. The van der Waals surface area contributed by atoms with Gasteiger partial charge in [0.15, 0.2) is 0 Å². The summed E-state index contributed by atoms with van der Waals surface area (Å²) in [5.41, 5.74) is 1.20. The molecule has 0 radical (unpaired) electrons. The van der Waals surface area contributed by atoms with Crippen LogP contribution in [-0.2, 0) is 16.1 Å². The van der Waals surface area contributed by atoms with Gasteiger partial charge >= 0.3 is 5.97 Å². The molecule has 0 spiro atoms. The first kappa shape index (κ1) is 17.3. The summed E-state index contributed by atoms with van der Waals surface area (Å²) in [7, 11) is 0. The number of rotatable bonds is 6. The Labute approximate surface area is 130 Å². The number of carbonyl (C=O) groups excluding carboxylic acids is 1. The lowest BCUT2D eigenvalue weighted by atomic mass is 10.1. The number of carbonyl (C=O) groups is 1. The molecule has 0 aliphatic carbocycles. The van der Waals surface area contributed by atoms with Crippen LogP contribution in [0.1, 0.15) is 33.3 Å². The van der Waals surface area contributed by atoms with Crippen molar-refractivity contribution in [2.24, 2.45) is 0 Å². The van der Waals surface area contributed by atoms with Crippen LogP contribution in [-0.4, -0.2) is 23.9 Å². The summed E-state index contributed by atoms with van der Waals surface area (Å²) in [4.78, 5) is 12.2. The highest BCUT2D eigenvalue weighted by atomic mass is 35.5. The van der Waals surface area contributed by atoms with Crippen LogP contribution in [0.4, 0.5) is 0 Å². The molecule has 1 aromatic carbocycles. The van der Waals surface area contributed by atoms with Gasteiger partial charge in [-0.1, -0.05) is 17.7 Å². The predicted octanol–water partition coefficient (Wildman–Crippen LogP) is 3.88. The first-order valence-electron chi connectivity index (χ1n) is 6.63. The number of thioether (sulfide) groups is 1. The van der Waals surface area contributed by atoms with Crippen LogP contribution in [0.3, 0.4) is 0 Å². The van der Waals surface area contributed by atoms with E-state index in [2.05, 4.69) is 26.1 Å². The van der Waals surface area contributed by atoms with E-state index in [1.165, 1.54) is 11.8 Å². The van der Waals surface area contributed by atoms with Gasteiger partial charge in [-0.25, -0.2) is 0 Å². The zero-order valence-corrected chi connectivity index (χ0v) is 14.0. The number of benzene rings is 1. The number of hydrogen-bond acceptors (Lipinski definition) is 4. The van der Waals surface area contributed by atoms with Crippen LogP contribution >= 0.6 is 23.4 Å². The molecule has 5 heteroatoms. The Morgan fingerprint density at radius 2 is 2.10 bits per heavy atom. The average Bonchev–Trinajstić information content (AvgIpc) is 2.34. The summed E-state index contributed by atoms with van der Waals surface area (Å²) < 4.78 is 4.89. The monoisotopic (exact) mass is 315 g/mol. The second-order valence-corrected chi connectivity index (χ2v) is 6.89. The van der Waals surface area contributed by atoms with E-state index in [1.54, 1.807) is 6.92 Å². The molecule has 0 aliphatic rings. The fourth-order valence-corrected chi connectivity index (χ4v) is 2.56. The molecule has 1 aromatic rings. The van der Waals surface area contributed by atoms with Gasteiger partial charge in [-0.05, 0) is 45.4 Å². The summed E-state index contributed by atoms with van der Waals surface area (Å²) in [6.45, 7) is 9.34. The molecule has 0 amide bonds. The van der Waals surface area contributed by atoms with Crippen LogP contribution in [0.2, 0.25) is 5.02 Å². The van der Waals surface area contributed by atoms with E-state index in [-0.39, 0.29) is 17.3 Å². The zero-order valence-electron chi connectivity index (χ0n) is 12.5. The van der Waals surface area contributed by atoms with Crippen LogP contribution in [0, 0.1) is 0 Å². The third-order valence-corrected chi connectivity index (χ3v) is 3.94. The Hall–Kier alpha value is -0.710. The first-order valence-corrected chi connectivity index (χ1v) is 8.00. The highest BCUT2D eigenvalue weighted by Gasteiger charge is 2.10. The first-order chi connectivity index (χ1) is 9.31. The Morgan fingerprint density at radius 1 is 1.40 bits per heavy atom. The van der Waals surface area contributed by atoms with E-state index >= 15 is 0 Å². The number of esters is 1. The highest BCUT2D eigenvalue weighted by molar-refractivity contribution is 8.00. The largest absolute Gasteiger partial charge is 0.465 e. The molecule has 0 saturated heterocycles. The topological polar surface area (TPSA) is 38.3 Å². The van der Waals surface area contributed by atoms with Crippen LogP contribution in [0.25, 0.3) is 0 Å². The molecule has 0 saturated carbocycles. The molecule has 0 heterocycles. The Balaban J connectivity index is 2.57. The van der Waals surface area contributed by atoms with Gasteiger partial charge in [-0.2, -0.15) is 0 Å². The molecule has 1 rings (SSSR count). The Bertz CT molecular complexity index is 458. The highest BCUT2D eigenvalue weighted by Crippen LogP contribution is 2.28. The van der Waals surface area contributed by atoms with E-state index in [0.29, 0.717) is 11.6 Å². The van der Waals surface area contributed by atoms with Crippen LogP contribution < -0.4 is 5.32 Å². The van der Waals surface area contributed by atoms with E-state index < -0.39 is 0 Å². The quantitative estimate of drug-likeness (QED) is 0.638. The molecule has 0 bridgehead atoms. The third kappa shape index (κ3) is 6.64. The summed E-state index contributed by atoms with van der Waals surface area (Å²) in [6, 6.07) is 5.91. The third-order valence-electron chi connectivity index (χ3n) is 2.47. The maximum Gasteiger partial charge on any atom is 0.316 e. The molecule has 0 atom stereocenters. The van der Waals surface area contributed by atoms with Gasteiger partial charge in [0.2, 0.25) is 0 Å². The van der Waals surface area contributed by atoms with Crippen molar-refractivity contribution in [2.45, 2.75) is 44.7 Å². The molecule has 0 aromatic heterocycles. The number of hydrogen-bond donors (Lipinski definition) is 1. The molecule has 0 fully saturated rings. The predicted molar refractivity (Wildman–Crippen MR) is 85.4 cm³/mol. The lowest BCUT2D eigenvalue weighted by Crippen LogP contribution is -2.35. The van der Waals surface area contributed by atoms with Crippen molar-refractivity contribution >= 4 is 29.3 Å². The minimum Gasteiger partial charge on any atom is -0.465 e. The van der Waals surface area contributed by atoms with Crippen molar-refractivity contribution in [1.29, 1.82) is 0 Å². The van der Waals surface area contributed by atoms with Crippen LogP contribution in [0.15, 0.2) is 23.1 Å². The maximum atomic E-state index is 11.3. The van der Waals surface area contributed by atoms with Crippen molar-refractivity contribution < 1.29 is 9.53 Å². The normalized spacial score (nSPS) is 11.4. The number of nitrogens with one attached hydrogen (secondary N) is 1. The molecular formula is C15H22ClNO2S. The lowest BCUT2D eigenvalue weighted by molar-refractivity contribution is -0.139. The van der Waals surface area contributed by atoms with Crippen molar-refractivity contribution in [1.82, 2.24) is 5.32 Å². The van der Waals surface area contributed by atoms with Gasteiger partial charge < -0.3 is 10.1 Å². The fourth-order valence-electron chi connectivity index (χ4n) is 1.48. The average molecular weight is 316 g/mol. The van der Waals surface area contributed by atoms with Gasteiger partial charge in [0.25, 0.3) is 0 Å². The van der Waals surface area contributed by atoms with E-state index in [1.807, 2.05) is 18.2 Å². The zero-order chi connectivity index (χ0) is 15.2. The standard InChI is InChI=1S/C15H22ClNO2S/c1-5-19-14(18)10-20-13-7-6-11(8-12(13)16)9-17-15(2,3)4/h6-8,17H,5,9-10H2,1-4H3. The summed E-state index contributed by atoms with van der Waals surface area (Å²) >= 11 is 7.64. The molecule has 0 aliphatic heterocycles. The minimum atomic E-state index is -0.216. The molecule has 3 nitrogen and oxygen atoms in total. The Morgan fingerprint density at radius 3 is 2.65 bits per heavy atom. The SMILES string of the molecule is CCOC(=O)CSc1ccc(CNC(C)(C)C)cc1Cl. The van der Waals surface area contributed by atoms with Gasteiger partial charge in [-0.15, -0.1) is 11.8 Å². The molecule has 20 heavy (non-hydrogen) atoms. The van der Waals surface area contributed by atoms with Crippen molar-refractivity contribution in [2.75, 3.05) is 12.4 Å². The Kier molecular flexibility index (Phi) is 6.86. The van der Waals surface area contributed by atoms with Gasteiger partial charge in [0, 0.05) is 17.0 Å². The summed E-state index contributed by atoms with van der Waals surface area (Å²) in [5, 5.41) is 4.09. The molecule has 112 valence electrons. The van der Waals surface area contributed by atoms with Gasteiger partial charge in [0.05, 0.1) is 17.4 Å². The molecule has 1 N–H and O–H groups in total. The summed E-state index contributed by atoms with van der Waals surface area (Å²) in [6.07, 6.45) is 0. The minimum absolute atomic E-state index is 0.0732. The molecule has 0 unspecified atom stereocenters. The van der Waals surface area contributed by atoms with Crippen molar-refractivity contribution in [3.8, 4) is 0 Å². The molecular weight excluding hydrogens is 294 g/mol. The number of halogens is 1. The lowest BCUT2D eigenvalue weighted by Gasteiger charge is -2.20. The van der Waals surface area contributed by atoms with Crippen molar-refractivity contribution in [3.05, 3.63) is 28.8 Å². The van der Waals surface area contributed by atoms with Crippen LogP contribution in [0.5, 0.6) is 0 Å². The van der Waals surface area contributed by atoms with E-state index in [4.69, 9.17) is 16.3 Å². The smallest absolute Gasteiger partial charge is 0.316 e. The fraction of sp³-hybridized carbons (Fsp3) is 0.533. The van der Waals surface area contributed by atoms with Gasteiger partial charge in [0.1, 0.15) is 0 Å². The second-order valence-electron chi connectivity index (χ2n) is 5.46. The second kappa shape index (κ2) is 7.91. The van der Waals surface area contributed by atoms with E-state index in [0.717, 1.165) is 17.0 Å². The van der Waals surface area contributed by atoms with Crippen molar-refractivity contribution in [3.63, 3.8) is 0 Å². The summed E-state index contributed by atoms with van der Waals surface area (Å²) in [5.74, 6) is 0.0692. The maximum absolute atomic E-state index is 11.3. The van der Waals surface area contributed by atoms with Gasteiger partial charge in [-0.3, -0.25) is 4.79 Å². The van der Waals surface area contributed by atoms with E-state index in [9.17, 15) is 4.79 Å².